The smallest absolute Gasteiger partial charge is 0.145 e. The molecule has 0 amide bonds. The molecular formula is C32H70O4S3Si2. The molecule has 9 heteroatoms. The lowest BCUT2D eigenvalue weighted by Crippen LogP contribution is -2.43. The molecule has 0 aliphatic heterocycles. The molecule has 0 rings (SSSR count). The van der Waals surface area contributed by atoms with Gasteiger partial charge in [0, 0.05) is 50.8 Å². The largest absolute Gasteiger partial charge is 0.354 e. The lowest BCUT2D eigenvalue weighted by Gasteiger charge is -2.35. The van der Waals surface area contributed by atoms with Crippen LogP contribution in [0, 0.1) is 0 Å². The third-order valence-corrected chi connectivity index (χ3v) is 16.5. The van der Waals surface area contributed by atoms with E-state index in [2.05, 4.69) is 41.5 Å². The number of ether oxygens (including phenoxy) is 4. The summed E-state index contributed by atoms with van der Waals surface area (Å²) in [7, 11) is 5.03. The third kappa shape index (κ3) is 24.3. The molecule has 0 heterocycles. The molecule has 0 aromatic heterocycles. The Bertz CT molecular complexity index is 471. The van der Waals surface area contributed by atoms with E-state index in [-0.39, 0.29) is 10.8 Å². The van der Waals surface area contributed by atoms with Gasteiger partial charge in [-0.2, -0.15) is 0 Å². The van der Waals surface area contributed by atoms with Crippen molar-refractivity contribution in [2.45, 2.75) is 167 Å². The zero-order valence-corrected chi connectivity index (χ0v) is 33.5. The van der Waals surface area contributed by atoms with Crippen LogP contribution in [0.1, 0.15) is 144 Å². The molecule has 0 N–H and O–H groups in total. The second-order valence-corrected chi connectivity index (χ2v) is 20.5. The molecule has 0 aliphatic carbocycles. The Morgan fingerprint density at radius 1 is 0.439 bits per heavy atom. The van der Waals surface area contributed by atoms with Crippen molar-refractivity contribution in [2.75, 3.05) is 37.9 Å². The average Bonchev–Trinajstić information content (AvgIpc) is 2.97. The Morgan fingerprint density at radius 3 is 1.05 bits per heavy atom. The van der Waals surface area contributed by atoms with Gasteiger partial charge < -0.3 is 18.9 Å². The maximum atomic E-state index is 6.60. The average molecular weight is 671 g/mol. The molecule has 0 aromatic rings. The van der Waals surface area contributed by atoms with Gasteiger partial charge in [-0.3, -0.25) is 0 Å². The van der Waals surface area contributed by atoms with Gasteiger partial charge in [0.15, 0.2) is 0 Å². The fourth-order valence-electron chi connectivity index (χ4n) is 4.66. The first kappa shape index (κ1) is 42.3. The minimum absolute atomic E-state index is 0.268. The van der Waals surface area contributed by atoms with Crippen molar-refractivity contribution in [3.05, 3.63) is 0 Å². The normalized spacial score (nSPS) is 13.0. The van der Waals surface area contributed by atoms with Gasteiger partial charge >= 0.3 is 0 Å². The molecule has 41 heavy (non-hydrogen) atoms. The lowest BCUT2D eigenvalue weighted by atomic mass is 10.3. The Morgan fingerprint density at radius 2 is 0.756 bits per heavy atom. The van der Waals surface area contributed by atoms with Crippen LogP contribution in [-0.2, 0) is 18.9 Å². The van der Waals surface area contributed by atoms with Crippen molar-refractivity contribution in [1.29, 1.82) is 0 Å². The van der Waals surface area contributed by atoms with E-state index in [1.54, 1.807) is 0 Å². The van der Waals surface area contributed by atoms with E-state index in [9.17, 15) is 0 Å². The summed E-state index contributed by atoms with van der Waals surface area (Å²) < 4.78 is 26.4. The van der Waals surface area contributed by atoms with E-state index in [1.165, 1.54) is 76.3 Å². The zero-order valence-electron chi connectivity index (χ0n) is 28.2. The topological polar surface area (TPSA) is 36.9 Å². The van der Waals surface area contributed by atoms with E-state index in [4.69, 9.17) is 18.9 Å². The van der Waals surface area contributed by atoms with E-state index >= 15 is 0 Å². The Balaban J connectivity index is 4.95. The SMILES string of the molecule is CCCCC[SiH2]C(CCSSSCCC(OCCCC)(OCCCC)[SiH2]CCCCC)(OCCCC)OCCCC. The Hall–Kier alpha value is 1.32. The van der Waals surface area contributed by atoms with Crippen molar-refractivity contribution in [2.24, 2.45) is 0 Å². The summed E-state index contributed by atoms with van der Waals surface area (Å²) in [5.74, 6) is 2.18. The van der Waals surface area contributed by atoms with Gasteiger partial charge in [0.25, 0.3) is 0 Å². The highest BCUT2D eigenvalue weighted by atomic mass is 33.5. The van der Waals surface area contributed by atoms with E-state index < -0.39 is 19.0 Å². The first-order valence-corrected chi connectivity index (χ1v) is 24.8. The molecular weight excluding hydrogens is 601 g/mol. The fraction of sp³-hybridized carbons (Fsp3) is 1.00. The molecule has 0 aromatic carbocycles. The molecule has 0 saturated carbocycles. The quantitative estimate of drug-likeness (QED) is 0.0292. The van der Waals surface area contributed by atoms with Crippen LogP contribution in [0.15, 0.2) is 0 Å². The van der Waals surface area contributed by atoms with Crippen LogP contribution in [-0.4, -0.2) is 67.8 Å². The summed E-state index contributed by atoms with van der Waals surface area (Å²) in [4.78, 5) is 0. The maximum absolute atomic E-state index is 6.60. The first-order chi connectivity index (χ1) is 20.1. The van der Waals surface area contributed by atoms with Crippen molar-refractivity contribution in [3.8, 4) is 0 Å². The second-order valence-electron chi connectivity index (χ2n) is 11.5. The highest BCUT2D eigenvalue weighted by molar-refractivity contribution is 9.09. The first-order valence-electron chi connectivity index (χ1n) is 17.5. The van der Waals surface area contributed by atoms with Crippen molar-refractivity contribution in [3.63, 3.8) is 0 Å². The summed E-state index contributed by atoms with van der Waals surface area (Å²) in [5.41, 5.74) is -0.536. The number of unbranched alkanes of at least 4 members (excludes halogenated alkanes) is 8. The summed E-state index contributed by atoms with van der Waals surface area (Å²) in [5, 5.41) is 0. The lowest BCUT2D eigenvalue weighted by molar-refractivity contribution is -0.183. The maximum Gasteiger partial charge on any atom is 0.145 e. The number of rotatable bonds is 34. The summed E-state index contributed by atoms with van der Waals surface area (Å²) >= 11 is 0. The molecule has 0 bridgehead atoms. The highest BCUT2D eigenvalue weighted by Crippen LogP contribution is 2.38. The van der Waals surface area contributed by atoms with E-state index in [0.29, 0.717) is 0 Å². The molecule has 0 atom stereocenters. The monoisotopic (exact) mass is 670 g/mol. The van der Waals surface area contributed by atoms with Gasteiger partial charge in [-0.1, -0.05) is 139 Å². The molecule has 0 saturated heterocycles. The summed E-state index contributed by atoms with van der Waals surface area (Å²) in [6.45, 7) is 17.0. The van der Waals surface area contributed by atoms with Crippen LogP contribution in [0.25, 0.3) is 0 Å². The molecule has 0 unspecified atom stereocenters. The van der Waals surface area contributed by atoms with Gasteiger partial charge in [-0.15, -0.1) is 0 Å². The number of hydrogen-bond acceptors (Lipinski definition) is 7. The minimum atomic E-state index is -0.456. The molecule has 4 nitrogen and oxygen atoms in total. The molecule has 0 radical (unpaired) electrons. The van der Waals surface area contributed by atoms with Crippen molar-refractivity contribution < 1.29 is 18.9 Å². The van der Waals surface area contributed by atoms with Crippen LogP contribution < -0.4 is 0 Å². The Labute approximate surface area is 273 Å². The highest BCUT2D eigenvalue weighted by Gasteiger charge is 2.33. The molecule has 0 aliphatic rings. The van der Waals surface area contributed by atoms with E-state index in [1.807, 2.05) is 31.4 Å². The van der Waals surface area contributed by atoms with Crippen LogP contribution in [0.4, 0.5) is 0 Å². The van der Waals surface area contributed by atoms with Crippen LogP contribution in [0.2, 0.25) is 12.1 Å². The van der Waals surface area contributed by atoms with E-state index in [0.717, 1.165) is 76.5 Å². The van der Waals surface area contributed by atoms with Crippen LogP contribution in [0.5, 0.6) is 0 Å². The van der Waals surface area contributed by atoms with Gasteiger partial charge in [0.2, 0.25) is 0 Å². The third-order valence-electron chi connectivity index (χ3n) is 7.50. The number of hydrogen-bond donors (Lipinski definition) is 0. The predicted octanol–water partition coefficient (Wildman–Crippen LogP) is 9.93. The summed E-state index contributed by atoms with van der Waals surface area (Å²) in [6, 6.07) is 2.66. The van der Waals surface area contributed by atoms with Crippen LogP contribution in [0.3, 0.4) is 0 Å². The van der Waals surface area contributed by atoms with Crippen LogP contribution >= 0.6 is 31.4 Å². The van der Waals surface area contributed by atoms with Gasteiger partial charge in [0.05, 0.1) is 19.0 Å². The van der Waals surface area contributed by atoms with Gasteiger partial charge in [-0.25, -0.2) is 0 Å². The van der Waals surface area contributed by atoms with Gasteiger partial charge in [0.1, 0.15) is 10.8 Å². The molecule has 0 spiro atoms. The molecule has 0 fully saturated rings. The minimum Gasteiger partial charge on any atom is -0.354 e. The van der Waals surface area contributed by atoms with Crippen molar-refractivity contribution >= 4 is 50.5 Å². The van der Waals surface area contributed by atoms with Crippen molar-refractivity contribution in [1.82, 2.24) is 0 Å². The Kier molecular flexibility index (Phi) is 32.3. The summed E-state index contributed by atoms with van der Waals surface area (Å²) in [6.07, 6.45) is 19.2. The zero-order chi connectivity index (χ0) is 30.3. The van der Waals surface area contributed by atoms with Gasteiger partial charge in [-0.05, 0) is 35.5 Å². The standard InChI is InChI=1S/C32H70O4S3Si2/c1-7-13-19-29-40-31(33-23-15-9-3,34-24-16-10-4)21-27-37-39-38-28-22-32(35-25-17-11-5,36-26-18-12-6)41-30-20-14-8-2/h7-30,40-41H2,1-6H3. The molecule has 248 valence electrons. The predicted molar refractivity (Wildman–Crippen MR) is 196 cm³/mol. The second kappa shape index (κ2) is 31.3. The fourth-order valence-corrected chi connectivity index (χ4v) is 13.4.